The van der Waals surface area contributed by atoms with Crippen LogP contribution in [0.1, 0.15) is 87.9 Å². The second-order valence-electron chi connectivity index (χ2n) is 14.9. The third-order valence-corrected chi connectivity index (χ3v) is 13.6. The van der Waals surface area contributed by atoms with E-state index >= 15 is 0 Å². The van der Waals surface area contributed by atoms with Crippen LogP contribution in [-0.2, 0) is 14.8 Å². The number of benzene rings is 3. The van der Waals surface area contributed by atoms with Crippen LogP contribution in [0, 0.1) is 20.9 Å². The van der Waals surface area contributed by atoms with E-state index in [9.17, 15) is 28.1 Å². The number of nitro groups is 1. The van der Waals surface area contributed by atoms with Gasteiger partial charge < -0.3 is 15.5 Å². The number of hydrogen-bond acceptors (Lipinski definition) is 9. The first kappa shape index (κ1) is 37.7. The second-order valence-corrected chi connectivity index (χ2v) is 17.7. The van der Waals surface area contributed by atoms with Crippen molar-refractivity contribution in [3.63, 3.8) is 0 Å². The van der Waals surface area contributed by atoms with E-state index in [-0.39, 0.29) is 33.5 Å². The fraction of sp³-hybridized carbons (Fsp3) is 0.487. The minimum absolute atomic E-state index is 0.0890. The molecule has 278 valence electrons. The summed E-state index contributed by atoms with van der Waals surface area (Å²) in [6.07, 6.45) is 11.6. The zero-order chi connectivity index (χ0) is 36.8. The van der Waals surface area contributed by atoms with Gasteiger partial charge in [0.05, 0.1) is 9.82 Å². The van der Waals surface area contributed by atoms with Gasteiger partial charge in [0.25, 0.3) is 21.6 Å². The Balaban J connectivity index is 1.08. The van der Waals surface area contributed by atoms with E-state index < -0.39 is 26.5 Å². The Labute approximate surface area is 310 Å². The molecule has 1 atom stereocenters. The summed E-state index contributed by atoms with van der Waals surface area (Å²) < 4.78 is 28.7. The van der Waals surface area contributed by atoms with E-state index in [0.29, 0.717) is 24.1 Å². The van der Waals surface area contributed by atoms with Gasteiger partial charge in [-0.05, 0) is 112 Å². The number of carbonyl (C=O) groups excluding carboxylic acids is 2. The van der Waals surface area contributed by atoms with Crippen LogP contribution in [0.4, 0.5) is 17.1 Å². The van der Waals surface area contributed by atoms with Crippen LogP contribution in [0.3, 0.4) is 0 Å². The highest BCUT2D eigenvalue weighted by Crippen LogP contribution is 2.47. The van der Waals surface area contributed by atoms with Gasteiger partial charge in [0.2, 0.25) is 5.91 Å². The molecule has 2 amide bonds. The molecule has 1 saturated heterocycles. The highest BCUT2D eigenvalue weighted by atomic mass is 32.2. The molecular weight excluding hydrogens is 699 g/mol. The predicted octanol–water partition coefficient (Wildman–Crippen LogP) is 7.53. The molecule has 52 heavy (non-hydrogen) atoms. The normalized spacial score (nSPS) is 18.1. The van der Waals surface area contributed by atoms with Crippen molar-refractivity contribution in [3.8, 4) is 0 Å². The predicted molar refractivity (Wildman–Crippen MR) is 205 cm³/mol. The van der Waals surface area contributed by atoms with Gasteiger partial charge >= 0.3 is 0 Å². The lowest BCUT2D eigenvalue weighted by Gasteiger charge is -2.40. The monoisotopic (exact) mass is 747 g/mol. The molecule has 3 aromatic carbocycles. The third-order valence-electron chi connectivity index (χ3n) is 11.1. The first-order valence-corrected chi connectivity index (χ1v) is 20.9. The Morgan fingerprint density at radius 3 is 2.27 bits per heavy atom. The molecule has 13 heteroatoms. The number of sulfonamides is 1. The summed E-state index contributed by atoms with van der Waals surface area (Å²) >= 11 is 1.62. The molecule has 1 heterocycles. The van der Waals surface area contributed by atoms with Crippen molar-refractivity contribution in [1.29, 1.82) is 0 Å². The van der Waals surface area contributed by atoms with Gasteiger partial charge in [-0.3, -0.25) is 19.7 Å². The van der Waals surface area contributed by atoms with E-state index in [1.807, 2.05) is 49.4 Å². The van der Waals surface area contributed by atoms with Gasteiger partial charge in [-0.2, -0.15) is 0 Å². The molecular formula is C39H49N5O6S2. The van der Waals surface area contributed by atoms with Gasteiger partial charge in [-0.15, -0.1) is 11.8 Å². The highest BCUT2D eigenvalue weighted by molar-refractivity contribution is 7.99. The number of nitrogens with zero attached hydrogens (tertiary/aromatic N) is 2. The number of nitrogens with one attached hydrogen (secondary N) is 3. The van der Waals surface area contributed by atoms with Crippen molar-refractivity contribution in [1.82, 2.24) is 10.0 Å². The molecule has 0 radical (unpaired) electrons. The van der Waals surface area contributed by atoms with Gasteiger partial charge in [0.1, 0.15) is 5.69 Å². The quantitative estimate of drug-likeness (QED) is 0.0585. The minimum Gasteiger partial charge on any atom is -0.376 e. The van der Waals surface area contributed by atoms with Crippen LogP contribution in [-0.4, -0.2) is 56.6 Å². The number of unbranched alkanes of at least 4 members (excludes halogenated alkanes) is 1. The molecule has 0 aromatic heterocycles. The molecule has 1 spiro atoms. The van der Waals surface area contributed by atoms with Gasteiger partial charge in [0.15, 0.2) is 0 Å². The van der Waals surface area contributed by atoms with Crippen LogP contribution < -0.4 is 20.3 Å². The number of carbonyl (C=O) groups is 2. The fourth-order valence-corrected chi connectivity index (χ4v) is 9.34. The van der Waals surface area contributed by atoms with Crippen LogP contribution in [0.2, 0.25) is 0 Å². The Bertz CT molecular complexity index is 1830. The van der Waals surface area contributed by atoms with Gasteiger partial charge in [-0.1, -0.05) is 38.0 Å². The lowest BCUT2D eigenvalue weighted by Crippen LogP contribution is -2.38. The molecule has 3 aliphatic rings. The van der Waals surface area contributed by atoms with Crippen LogP contribution in [0.25, 0.3) is 0 Å². The molecule has 2 saturated carbocycles. The van der Waals surface area contributed by atoms with Gasteiger partial charge in [-0.25, -0.2) is 13.1 Å². The lowest BCUT2D eigenvalue weighted by atomic mass is 9.77. The third kappa shape index (κ3) is 9.46. The Kier molecular flexibility index (Phi) is 11.8. The van der Waals surface area contributed by atoms with Crippen LogP contribution >= 0.6 is 11.8 Å². The molecule has 1 unspecified atom stereocenters. The Morgan fingerprint density at radius 2 is 1.62 bits per heavy atom. The maximum absolute atomic E-state index is 13.3. The topological polar surface area (TPSA) is 151 Å². The SMILES string of the molecule is CC1(C(=O)NCCCCC(CSc2ccccc2)Nc2ccc(S(=O)(=O)NC(=O)c3ccc(N4CCC5(CCCC5)CC4)cc3)cc2[N+](=O)[O-])CC1. The van der Waals surface area contributed by atoms with Crippen molar-refractivity contribution in [2.24, 2.45) is 10.8 Å². The molecule has 0 bridgehead atoms. The largest absolute Gasteiger partial charge is 0.376 e. The van der Waals surface area contributed by atoms with Crippen LogP contribution in [0.15, 0.2) is 82.6 Å². The van der Waals surface area contributed by atoms with Crippen molar-refractivity contribution >= 4 is 50.7 Å². The Hall–Kier alpha value is -4.10. The zero-order valence-electron chi connectivity index (χ0n) is 29.8. The summed E-state index contributed by atoms with van der Waals surface area (Å²) in [5.41, 5.74) is 1.24. The second kappa shape index (κ2) is 16.3. The van der Waals surface area contributed by atoms with E-state index in [1.165, 1.54) is 50.7 Å². The number of anilines is 2. The minimum atomic E-state index is -4.41. The maximum Gasteiger partial charge on any atom is 0.293 e. The van der Waals surface area contributed by atoms with Crippen molar-refractivity contribution < 1.29 is 22.9 Å². The molecule has 3 aromatic rings. The molecule has 3 N–H and O–H groups in total. The molecule has 1 aliphatic heterocycles. The summed E-state index contributed by atoms with van der Waals surface area (Å²) in [6, 6.07) is 20.2. The van der Waals surface area contributed by atoms with Crippen molar-refractivity contribution in [3.05, 3.63) is 88.5 Å². The molecule has 6 rings (SSSR count). The number of rotatable bonds is 16. The first-order valence-electron chi connectivity index (χ1n) is 18.4. The number of amides is 2. The number of thioether (sulfide) groups is 1. The summed E-state index contributed by atoms with van der Waals surface area (Å²) in [6.45, 7) is 4.47. The fourth-order valence-electron chi connectivity index (χ4n) is 7.36. The smallest absolute Gasteiger partial charge is 0.293 e. The summed E-state index contributed by atoms with van der Waals surface area (Å²) in [5.74, 6) is -0.106. The number of piperidine rings is 1. The molecule has 3 fully saturated rings. The average Bonchev–Trinajstić information content (AvgIpc) is 3.75. The molecule has 11 nitrogen and oxygen atoms in total. The van der Waals surface area contributed by atoms with Gasteiger partial charge in [0, 0.05) is 59.1 Å². The van der Waals surface area contributed by atoms with Crippen molar-refractivity contribution in [2.75, 3.05) is 35.6 Å². The summed E-state index contributed by atoms with van der Waals surface area (Å²) in [7, 11) is -4.41. The average molecular weight is 748 g/mol. The maximum atomic E-state index is 13.3. The Morgan fingerprint density at radius 1 is 0.923 bits per heavy atom. The van der Waals surface area contributed by atoms with E-state index in [2.05, 4.69) is 20.3 Å². The summed E-state index contributed by atoms with van der Waals surface area (Å²) in [4.78, 5) is 40.0. The van der Waals surface area contributed by atoms with E-state index in [0.717, 1.165) is 55.4 Å². The number of hydrogen-bond donors (Lipinski definition) is 3. The summed E-state index contributed by atoms with van der Waals surface area (Å²) in [5, 5.41) is 18.5. The standard InChI is InChI=1S/C39H49N5O6S2/c1-38(20-21-38)37(46)40-24-8-5-9-30(28-51-32-10-3-2-4-11-32)41-34-17-16-33(27-35(34)44(47)48)52(49,50)42-36(45)29-12-14-31(15-13-29)43-25-22-39(23-26-43)18-6-7-19-39/h2-4,10-17,27,30,41H,5-9,18-26,28H2,1H3,(H,40,46)(H,42,45). The lowest BCUT2D eigenvalue weighted by molar-refractivity contribution is -0.384. The van der Waals surface area contributed by atoms with E-state index in [4.69, 9.17) is 0 Å². The highest BCUT2D eigenvalue weighted by Gasteiger charge is 2.44. The van der Waals surface area contributed by atoms with Crippen molar-refractivity contribution in [2.45, 2.75) is 93.4 Å². The van der Waals surface area contributed by atoms with E-state index in [1.54, 1.807) is 23.9 Å². The first-order chi connectivity index (χ1) is 25.0. The number of nitro benzene ring substituents is 1. The molecule has 2 aliphatic carbocycles. The van der Waals surface area contributed by atoms with Crippen LogP contribution in [0.5, 0.6) is 0 Å². The zero-order valence-corrected chi connectivity index (χ0v) is 31.4.